The van der Waals surface area contributed by atoms with Gasteiger partial charge in [-0.25, -0.2) is 4.79 Å². The first-order valence-corrected chi connectivity index (χ1v) is 6.21. The zero-order valence-corrected chi connectivity index (χ0v) is 9.97. The van der Waals surface area contributed by atoms with Crippen LogP contribution in [0.25, 0.3) is 0 Å². The maximum atomic E-state index is 11.4. The standard InChI is InChI=1S/C14H17NO2/c1-9-2-4-12(5-3-9)15-8-10-6-11(7-10)13(15)14(16)17/h2-5,10-11,13H,6-8H2,1H3,(H,16,17). The van der Waals surface area contributed by atoms with Crippen LogP contribution in [-0.2, 0) is 4.79 Å². The smallest absolute Gasteiger partial charge is 0.326 e. The normalized spacial score (nSPS) is 30.9. The van der Waals surface area contributed by atoms with Crippen molar-refractivity contribution in [1.82, 2.24) is 0 Å². The molecule has 2 aliphatic heterocycles. The van der Waals surface area contributed by atoms with Gasteiger partial charge in [0.1, 0.15) is 6.04 Å². The number of benzene rings is 1. The molecule has 1 aromatic rings. The summed E-state index contributed by atoms with van der Waals surface area (Å²) in [4.78, 5) is 13.5. The Kier molecular flexibility index (Phi) is 2.35. The van der Waals surface area contributed by atoms with Crippen molar-refractivity contribution in [1.29, 1.82) is 0 Å². The first-order chi connectivity index (χ1) is 8.15. The minimum Gasteiger partial charge on any atom is -0.480 e. The van der Waals surface area contributed by atoms with Gasteiger partial charge in [0.15, 0.2) is 0 Å². The molecule has 3 aliphatic rings. The quantitative estimate of drug-likeness (QED) is 0.849. The molecule has 1 aromatic carbocycles. The number of carbonyl (C=O) groups is 1. The largest absolute Gasteiger partial charge is 0.480 e. The molecule has 1 saturated carbocycles. The molecule has 2 heterocycles. The van der Waals surface area contributed by atoms with Crippen LogP contribution >= 0.6 is 0 Å². The minimum absolute atomic E-state index is 0.317. The molecule has 3 nitrogen and oxygen atoms in total. The lowest BCUT2D eigenvalue weighted by Gasteiger charge is -2.52. The predicted octanol–water partition coefficient (Wildman–Crippen LogP) is 2.29. The van der Waals surface area contributed by atoms with E-state index < -0.39 is 5.97 Å². The molecule has 1 unspecified atom stereocenters. The molecule has 1 aliphatic carbocycles. The zero-order chi connectivity index (χ0) is 12.0. The third-order valence-corrected chi connectivity index (χ3v) is 4.13. The van der Waals surface area contributed by atoms with E-state index in [1.54, 1.807) is 0 Å². The number of aliphatic carboxylic acids is 1. The van der Waals surface area contributed by atoms with Crippen LogP contribution in [0.15, 0.2) is 24.3 Å². The summed E-state index contributed by atoms with van der Waals surface area (Å²) >= 11 is 0. The Labute approximate surface area is 101 Å². The molecule has 0 spiro atoms. The van der Waals surface area contributed by atoms with Crippen molar-refractivity contribution in [2.24, 2.45) is 11.8 Å². The van der Waals surface area contributed by atoms with Crippen LogP contribution in [0.4, 0.5) is 5.69 Å². The molecule has 4 rings (SSSR count). The Bertz CT molecular complexity index is 434. The Morgan fingerprint density at radius 2 is 1.94 bits per heavy atom. The van der Waals surface area contributed by atoms with Crippen LogP contribution in [0.2, 0.25) is 0 Å². The van der Waals surface area contributed by atoms with E-state index in [9.17, 15) is 9.90 Å². The highest BCUT2D eigenvalue weighted by molar-refractivity contribution is 5.79. The lowest BCUT2D eigenvalue weighted by Crippen LogP contribution is -2.59. The summed E-state index contributed by atoms with van der Waals surface area (Å²) in [5.74, 6) is 0.387. The number of nitrogens with zero attached hydrogens (tertiary/aromatic N) is 1. The lowest BCUT2D eigenvalue weighted by molar-refractivity contribution is -0.142. The molecular weight excluding hydrogens is 214 g/mol. The Hall–Kier alpha value is -1.51. The SMILES string of the molecule is Cc1ccc(N2CC3CC(C3)C2C(=O)O)cc1. The van der Waals surface area contributed by atoms with Crippen LogP contribution in [0, 0.1) is 18.8 Å². The van der Waals surface area contributed by atoms with Crippen LogP contribution in [0.1, 0.15) is 18.4 Å². The molecule has 0 amide bonds. The van der Waals surface area contributed by atoms with Gasteiger partial charge in [-0.2, -0.15) is 0 Å². The van der Waals surface area contributed by atoms with E-state index in [0.717, 1.165) is 25.1 Å². The summed E-state index contributed by atoms with van der Waals surface area (Å²) in [6.07, 6.45) is 2.19. The van der Waals surface area contributed by atoms with Gasteiger partial charge in [-0.3, -0.25) is 0 Å². The van der Waals surface area contributed by atoms with Crippen LogP contribution in [0.5, 0.6) is 0 Å². The fraction of sp³-hybridized carbons (Fsp3) is 0.500. The highest BCUT2D eigenvalue weighted by atomic mass is 16.4. The molecule has 2 saturated heterocycles. The van der Waals surface area contributed by atoms with Crippen LogP contribution in [0.3, 0.4) is 0 Å². The van der Waals surface area contributed by atoms with Crippen molar-refractivity contribution < 1.29 is 9.90 Å². The second-order valence-corrected chi connectivity index (χ2v) is 5.37. The maximum Gasteiger partial charge on any atom is 0.326 e. The third kappa shape index (κ3) is 1.70. The maximum absolute atomic E-state index is 11.4. The van der Waals surface area contributed by atoms with E-state index in [4.69, 9.17) is 0 Å². The molecule has 1 N–H and O–H groups in total. The van der Waals surface area contributed by atoms with Gasteiger partial charge < -0.3 is 10.0 Å². The molecule has 0 radical (unpaired) electrons. The Morgan fingerprint density at radius 1 is 1.29 bits per heavy atom. The summed E-state index contributed by atoms with van der Waals surface area (Å²) < 4.78 is 0. The van der Waals surface area contributed by atoms with Crippen molar-refractivity contribution in [3.05, 3.63) is 29.8 Å². The molecule has 17 heavy (non-hydrogen) atoms. The van der Waals surface area contributed by atoms with Gasteiger partial charge in [-0.05, 0) is 43.7 Å². The zero-order valence-electron chi connectivity index (χ0n) is 9.97. The Balaban J connectivity index is 1.90. The molecular formula is C14H17NO2. The second kappa shape index (κ2) is 3.76. The van der Waals surface area contributed by atoms with Gasteiger partial charge in [0.2, 0.25) is 0 Å². The number of hydrogen-bond donors (Lipinski definition) is 1. The molecule has 90 valence electrons. The number of hydrogen-bond acceptors (Lipinski definition) is 2. The monoisotopic (exact) mass is 231 g/mol. The summed E-state index contributed by atoms with van der Waals surface area (Å²) in [7, 11) is 0. The topological polar surface area (TPSA) is 40.5 Å². The highest BCUT2D eigenvalue weighted by Gasteiger charge is 2.47. The molecule has 2 bridgehead atoms. The van der Waals surface area contributed by atoms with Crippen LogP contribution < -0.4 is 4.90 Å². The van der Waals surface area contributed by atoms with E-state index in [1.165, 1.54) is 5.56 Å². The van der Waals surface area contributed by atoms with Crippen molar-refractivity contribution in [3.8, 4) is 0 Å². The summed E-state index contributed by atoms with van der Waals surface area (Å²) in [5, 5.41) is 9.38. The van der Waals surface area contributed by atoms with E-state index in [1.807, 2.05) is 19.1 Å². The van der Waals surface area contributed by atoms with Crippen molar-refractivity contribution in [3.63, 3.8) is 0 Å². The Morgan fingerprint density at radius 3 is 2.53 bits per heavy atom. The number of fused-ring (bicyclic) bond motifs is 2. The number of carboxylic acids is 1. The van der Waals surface area contributed by atoms with Gasteiger partial charge in [-0.1, -0.05) is 17.7 Å². The summed E-state index contributed by atoms with van der Waals surface area (Å²) in [6.45, 7) is 2.95. The minimum atomic E-state index is -0.672. The highest BCUT2D eigenvalue weighted by Crippen LogP contribution is 2.45. The predicted molar refractivity (Wildman–Crippen MR) is 66.2 cm³/mol. The van der Waals surface area contributed by atoms with Gasteiger partial charge in [0.25, 0.3) is 0 Å². The summed E-state index contributed by atoms with van der Waals surface area (Å²) in [5.41, 5.74) is 2.26. The third-order valence-electron chi connectivity index (χ3n) is 4.13. The molecule has 3 fully saturated rings. The first kappa shape index (κ1) is 10.6. The average molecular weight is 231 g/mol. The van der Waals surface area contributed by atoms with Crippen molar-refractivity contribution >= 4 is 11.7 Å². The number of rotatable bonds is 2. The van der Waals surface area contributed by atoms with E-state index in [-0.39, 0.29) is 6.04 Å². The number of carboxylic acid groups (broad SMARTS) is 1. The first-order valence-electron chi connectivity index (χ1n) is 6.21. The fourth-order valence-corrected chi connectivity index (χ4v) is 3.18. The number of aryl methyl sites for hydroxylation is 1. The molecule has 0 aromatic heterocycles. The van der Waals surface area contributed by atoms with Gasteiger partial charge in [-0.15, -0.1) is 0 Å². The van der Waals surface area contributed by atoms with E-state index >= 15 is 0 Å². The summed E-state index contributed by atoms with van der Waals surface area (Å²) in [6, 6.07) is 7.86. The molecule has 3 heteroatoms. The second-order valence-electron chi connectivity index (χ2n) is 5.37. The average Bonchev–Trinajstić information content (AvgIpc) is 2.28. The fourth-order valence-electron chi connectivity index (χ4n) is 3.18. The van der Waals surface area contributed by atoms with E-state index in [2.05, 4.69) is 17.0 Å². The lowest BCUT2D eigenvalue weighted by atomic mass is 9.66. The number of anilines is 1. The van der Waals surface area contributed by atoms with Gasteiger partial charge >= 0.3 is 5.97 Å². The van der Waals surface area contributed by atoms with Gasteiger partial charge in [0, 0.05) is 12.2 Å². The van der Waals surface area contributed by atoms with E-state index in [0.29, 0.717) is 11.8 Å². The van der Waals surface area contributed by atoms with Crippen LogP contribution in [-0.4, -0.2) is 23.7 Å². The van der Waals surface area contributed by atoms with Gasteiger partial charge in [0.05, 0.1) is 0 Å². The van der Waals surface area contributed by atoms with Crippen molar-refractivity contribution in [2.45, 2.75) is 25.8 Å². The molecule has 1 atom stereocenters. The number of piperidine rings is 2. The van der Waals surface area contributed by atoms with Crippen molar-refractivity contribution in [2.75, 3.05) is 11.4 Å².